The predicted molar refractivity (Wildman–Crippen MR) is 115 cm³/mol. The summed E-state index contributed by atoms with van der Waals surface area (Å²) in [6, 6.07) is 17.9. The lowest BCUT2D eigenvalue weighted by Crippen LogP contribution is -2.30. The van der Waals surface area contributed by atoms with Crippen molar-refractivity contribution in [3.05, 3.63) is 83.2 Å². The maximum Gasteiger partial charge on any atom is 0.251 e. The van der Waals surface area contributed by atoms with E-state index in [1.54, 1.807) is 6.20 Å². The Morgan fingerprint density at radius 3 is 2.38 bits per heavy atom. The minimum absolute atomic E-state index is 0.0542. The molecule has 1 aliphatic heterocycles. The molecule has 1 aliphatic rings. The lowest BCUT2D eigenvalue weighted by Gasteiger charge is -2.27. The summed E-state index contributed by atoms with van der Waals surface area (Å²) in [7, 11) is 0. The molecule has 150 valence electrons. The minimum atomic E-state index is -0.0542. The molecular weight excluding hydrogens is 360 g/mol. The first-order valence-corrected chi connectivity index (χ1v) is 10.4. The quantitative estimate of drug-likeness (QED) is 0.692. The van der Waals surface area contributed by atoms with Crippen LogP contribution < -0.4 is 5.32 Å². The highest BCUT2D eigenvalue weighted by molar-refractivity contribution is 5.94. The Morgan fingerprint density at radius 1 is 0.966 bits per heavy atom. The van der Waals surface area contributed by atoms with Crippen LogP contribution in [0.5, 0.6) is 0 Å². The van der Waals surface area contributed by atoms with Gasteiger partial charge in [0.15, 0.2) is 0 Å². The van der Waals surface area contributed by atoms with Crippen molar-refractivity contribution < 1.29 is 4.79 Å². The number of hydrogen-bond acceptors (Lipinski definition) is 3. The van der Waals surface area contributed by atoms with Gasteiger partial charge in [0.05, 0.1) is 5.69 Å². The van der Waals surface area contributed by atoms with Gasteiger partial charge in [-0.15, -0.1) is 0 Å². The Morgan fingerprint density at radius 2 is 1.69 bits per heavy atom. The van der Waals surface area contributed by atoms with Crippen molar-refractivity contribution in [2.75, 3.05) is 13.1 Å². The van der Waals surface area contributed by atoms with Crippen molar-refractivity contribution in [1.29, 1.82) is 0 Å². The highest BCUT2D eigenvalue weighted by atomic mass is 16.1. The number of nitrogens with zero attached hydrogens (tertiary/aromatic N) is 3. The highest BCUT2D eigenvalue weighted by Crippen LogP contribution is 2.17. The van der Waals surface area contributed by atoms with Crippen LogP contribution in [0.3, 0.4) is 0 Å². The molecule has 1 saturated heterocycles. The molecule has 2 aromatic carbocycles. The molecule has 0 atom stereocenters. The summed E-state index contributed by atoms with van der Waals surface area (Å²) in [6.07, 6.45) is 5.68. The fourth-order valence-electron chi connectivity index (χ4n) is 3.91. The third-order valence-corrected chi connectivity index (χ3v) is 5.61. The van der Waals surface area contributed by atoms with Crippen LogP contribution in [0, 0.1) is 6.92 Å². The summed E-state index contributed by atoms with van der Waals surface area (Å²) in [6.45, 7) is 5.85. The molecule has 5 nitrogen and oxygen atoms in total. The fourth-order valence-corrected chi connectivity index (χ4v) is 3.91. The maximum atomic E-state index is 12.6. The Bertz CT molecular complexity index is 955. The molecule has 1 fully saturated rings. The van der Waals surface area contributed by atoms with Gasteiger partial charge in [-0.05, 0) is 74.3 Å². The number of aromatic nitrogens is 2. The van der Waals surface area contributed by atoms with Crippen molar-refractivity contribution in [2.24, 2.45) is 0 Å². The number of aryl methyl sites for hydroxylation is 1. The smallest absolute Gasteiger partial charge is 0.251 e. The van der Waals surface area contributed by atoms with E-state index in [1.807, 2.05) is 48.0 Å². The Hall–Kier alpha value is -2.92. The van der Waals surface area contributed by atoms with Gasteiger partial charge < -0.3 is 5.32 Å². The summed E-state index contributed by atoms with van der Waals surface area (Å²) in [4.78, 5) is 15.2. The van der Waals surface area contributed by atoms with Crippen molar-refractivity contribution in [3.63, 3.8) is 0 Å². The average Bonchev–Trinajstić information content (AvgIpc) is 3.19. The predicted octanol–water partition coefficient (Wildman–Crippen LogP) is 4.10. The lowest BCUT2D eigenvalue weighted by molar-refractivity contribution is 0.0950. The van der Waals surface area contributed by atoms with Gasteiger partial charge in [0.25, 0.3) is 5.91 Å². The standard InChI is InChI=1S/C24H28N4O/c1-19-13-14-26-28(19)23-11-9-20(10-12-23)24(29)25-17-21-7-3-4-8-22(21)18-27-15-5-2-6-16-27/h3-4,7-14H,2,5-6,15-18H2,1H3,(H,25,29). The number of amides is 1. The van der Waals surface area contributed by atoms with Crippen LogP contribution in [0.1, 0.15) is 46.4 Å². The number of piperidine rings is 1. The normalized spacial score (nSPS) is 14.7. The highest BCUT2D eigenvalue weighted by Gasteiger charge is 2.13. The number of carbonyl (C=O) groups is 1. The van der Waals surface area contributed by atoms with Crippen molar-refractivity contribution in [3.8, 4) is 5.69 Å². The number of nitrogens with one attached hydrogen (secondary N) is 1. The van der Waals surface area contributed by atoms with E-state index in [4.69, 9.17) is 0 Å². The molecule has 0 saturated carbocycles. The third kappa shape index (κ3) is 4.74. The summed E-state index contributed by atoms with van der Waals surface area (Å²) < 4.78 is 1.86. The van der Waals surface area contributed by atoms with Gasteiger partial charge in [-0.3, -0.25) is 9.69 Å². The first kappa shape index (κ1) is 19.4. The fraction of sp³-hybridized carbons (Fsp3) is 0.333. The van der Waals surface area contributed by atoms with Crippen LogP contribution in [0.2, 0.25) is 0 Å². The van der Waals surface area contributed by atoms with E-state index < -0.39 is 0 Å². The molecule has 2 heterocycles. The maximum absolute atomic E-state index is 12.6. The zero-order chi connectivity index (χ0) is 20.1. The van der Waals surface area contributed by atoms with E-state index in [1.165, 1.54) is 43.5 Å². The summed E-state index contributed by atoms with van der Waals surface area (Å²) in [5, 5.41) is 7.38. The molecule has 3 aromatic rings. The second-order valence-corrected chi connectivity index (χ2v) is 7.72. The number of carbonyl (C=O) groups excluding carboxylic acids is 1. The van der Waals surface area contributed by atoms with Crippen LogP contribution in [-0.4, -0.2) is 33.7 Å². The van der Waals surface area contributed by atoms with Gasteiger partial charge in [0.1, 0.15) is 0 Å². The third-order valence-electron chi connectivity index (χ3n) is 5.61. The Labute approximate surface area is 172 Å². The molecule has 0 radical (unpaired) electrons. The first-order valence-electron chi connectivity index (χ1n) is 10.4. The van der Waals surface area contributed by atoms with Gasteiger partial charge in [-0.2, -0.15) is 5.10 Å². The van der Waals surface area contributed by atoms with Crippen LogP contribution in [0.4, 0.5) is 0 Å². The van der Waals surface area contributed by atoms with E-state index in [2.05, 4.69) is 33.5 Å². The Balaban J connectivity index is 1.39. The summed E-state index contributed by atoms with van der Waals surface area (Å²) >= 11 is 0. The van der Waals surface area contributed by atoms with Gasteiger partial charge in [0, 0.05) is 30.5 Å². The Kier molecular flexibility index (Phi) is 6.06. The number of benzene rings is 2. The SMILES string of the molecule is Cc1ccnn1-c1ccc(C(=O)NCc2ccccc2CN2CCCCC2)cc1. The number of hydrogen-bond donors (Lipinski definition) is 1. The second kappa shape index (κ2) is 9.05. The van der Waals surface area contributed by atoms with Gasteiger partial charge in [-0.25, -0.2) is 4.68 Å². The molecule has 0 spiro atoms. The van der Waals surface area contributed by atoms with Crippen molar-refractivity contribution in [1.82, 2.24) is 20.0 Å². The molecule has 4 rings (SSSR count). The molecule has 1 N–H and O–H groups in total. The zero-order valence-corrected chi connectivity index (χ0v) is 17.0. The molecule has 5 heteroatoms. The summed E-state index contributed by atoms with van der Waals surface area (Å²) in [5.74, 6) is -0.0542. The first-order chi connectivity index (χ1) is 14.2. The van der Waals surface area contributed by atoms with Crippen LogP contribution >= 0.6 is 0 Å². The van der Waals surface area contributed by atoms with Gasteiger partial charge in [-0.1, -0.05) is 30.7 Å². The van der Waals surface area contributed by atoms with Crippen LogP contribution in [-0.2, 0) is 13.1 Å². The average molecular weight is 389 g/mol. The minimum Gasteiger partial charge on any atom is -0.348 e. The van der Waals surface area contributed by atoms with Crippen LogP contribution in [0.15, 0.2) is 60.8 Å². The largest absolute Gasteiger partial charge is 0.348 e. The van der Waals surface area contributed by atoms with E-state index in [9.17, 15) is 4.79 Å². The lowest BCUT2D eigenvalue weighted by atomic mass is 10.0. The molecular formula is C24H28N4O. The molecule has 0 unspecified atom stereocenters. The number of likely N-dealkylation sites (tertiary alicyclic amines) is 1. The molecule has 0 aliphatic carbocycles. The zero-order valence-electron chi connectivity index (χ0n) is 17.0. The van der Waals surface area contributed by atoms with Gasteiger partial charge >= 0.3 is 0 Å². The summed E-state index contributed by atoms with van der Waals surface area (Å²) in [5.41, 5.74) is 5.17. The van der Waals surface area contributed by atoms with E-state index in [0.29, 0.717) is 12.1 Å². The number of rotatable bonds is 6. The molecule has 1 aromatic heterocycles. The molecule has 0 bridgehead atoms. The topological polar surface area (TPSA) is 50.2 Å². The molecule has 1 amide bonds. The molecule has 29 heavy (non-hydrogen) atoms. The monoisotopic (exact) mass is 388 g/mol. The van der Waals surface area contributed by atoms with E-state index >= 15 is 0 Å². The van der Waals surface area contributed by atoms with Crippen LogP contribution in [0.25, 0.3) is 5.69 Å². The van der Waals surface area contributed by atoms with Crippen molar-refractivity contribution >= 4 is 5.91 Å². The van der Waals surface area contributed by atoms with E-state index in [0.717, 1.165) is 17.9 Å². The van der Waals surface area contributed by atoms with E-state index in [-0.39, 0.29) is 5.91 Å². The van der Waals surface area contributed by atoms with Gasteiger partial charge in [0.2, 0.25) is 0 Å². The van der Waals surface area contributed by atoms with Crippen molar-refractivity contribution in [2.45, 2.75) is 39.3 Å². The second-order valence-electron chi connectivity index (χ2n) is 7.72.